The van der Waals surface area contributed by atoms with Gasteiger partial charge >= 0.3 is 0 Å². The number of aromatic nitrogens is 1. The van der Waals surface area contributed by atoms with Crippen LogP contribution in [0.3, 0.4) is 0 Å². The van der Waals surface area contributed by atoms with E-state index in [1.165, 1.54) is 21.6 Å². The molecule has 2 aromatic rings. The molecule has 0 spiro atoms. The third-order valence-electron chi connectivity index (χ3n) is 3.51. The molecular weight excluding hydrogens is 254 g/mol. The van der Waals surface area contributed by atoms with E-state index >= 15 is 0 Å². The maximum atomic E-state index is 5.76. The molecule has 1 aromatic carbocycles. The Balaban J connectivity index is 2.32. The molecule has 0 aliphatic heterocycles. The standard InChI is InChI=1S/C15H21N3S/c1-9-6-5-7-10(2)13(9)8-14(18-16)15-11(3)17-12(4)19-15/h5-7,14,18H,8,16H2,1-4H3. The van der Waals surface area contributed by atoms with Crippen molar-refractivity contribution in [2.75, 3.05) is 0 Å². The van der Waals surface area contributed by atoms with E-state index in [1.807, 2.05) is 13.8 Å². The summed E-state index contributed by atoms with van der Waals surface area (Å²) in [4.78, 5) is 5.73. The lowest BCUT2D eigenvalue weighted by atomic mass is 9.96. The molecule has 1 unspecified atom stereocenters. The summed E-state index contributed by atoms with van der Waals surface area (Å²) in [6, 6.07) is 6.54. The summed E-state index contributed by atoms with van der Waals surface area (Å²) < 4.78 is 0. The Bertz CT molecular complexity index is 555. The SMILES string of the molecule is Cc1nc(C)c(C(Cc2c(C)cccc2C)NN)s1. The van der Waals surface area contributed by atoms with Gasteiger partial charge in [0.2, 0.25) is 0 Å². The number of nitrogens with two attached hydrogens (primary N) is 1. The molecular formula is C15H21N3S. The number of benzene rings is 1. The third kappa shape index (κ3) is 3.03. The summed E-state index contributed by atoms with van der Waals surface area (Å²) in [6.45, 7) is 8.39. The van der Waals surface area contributed by atoms with Gasteiger partial charge in [-0.25, -0.2) is 4.98 Å². The van der Waals surface area contributed by atoms with Gasteiger partial charge in [0.25, 0.3) is 0 Å². The molecule has 0 radical (unpaired) electrons. The molecule has 0 aliphatic carbocycles. The monoisotopic (exact) mass is 275 g/mol. The molecule has 1 aromatic heterocycles. The van der Waals surface area contributed by atoms with Crippen molar-refractivity contribution in [3.8, 4) is 0 Å². The Hall–Kier alpha value is -1.23. The Morgan fingerprint density at radius 2 is 1.84 bits per heavy atom. The smallest absolute Gasteiger partial charge is 0.0900 e. The van der Waals surface area contributed by atoms with Crippen LogP contribution in [0.2, 0.25) is 0 Å². The molecule has 0 fully saturated rings. The Kier molecular flexibility index (Phi) is 4.34. The van der Waals surface area contributed by atoms with Gasteiger partial charge in [0.15, 0.2) is 0 Å². The van der Waals surface area contributed by atoms with Gasteiger partial charge in [0.1, 0.15) is 0 Å². The largest absolute Gasteiger partial charge is 0.271 e. The van der Waals surface area contributed by atoms with E-state index in [-0.39, 0.29) is 6.04 Å². The van der Waals surface area contributed by atoms with Gasteiger partial charge < -0.3 is 0 Å². The van der Waals surface area contributed by atoms with Crippen molar-refractivity contribution in [2.24, 2.45) is 5.84 Å². The second-order valence-electron chi connectivity index (χ2n) is 4.98. The van der Waals surface area contributed by atoms with Crippen LogP contribution in [0.4, 0.5) is 0 Å². The quantitative estimate of drug-likeness (QED) is 0.666. The van der Waals surface area contributed by atoms with Gasteiger partial charge in [0.05, 0.1) is 16.7 Å². The van der Waals surface area contributed by atoms with Crippen LogP contribution >= 0.6 is 11.3 Å². The fourth-order valence-corrected chi connectivity index (χ4v) is 3.46. The molecule has 4 heteroatoms. The average molecular weight is 275 g/mol. The molecule has 0 aliphatic rings. The van der Waals surface area contributed by atoms with Crippen molar-refractivity contribution >= 4 is 11.3 Å². The molecule has 102 valence electrons. The second kappa shape index (κ2) is 5.82. The van der Waals surface area contributed by atoms with Crippen LogP contribution in [0.25, 0.3) is 0 Å². The fraction of sp³-hybridized carbons (Fsp3) is 0.400. The maximum absolute atomic E-state index is 5.76. The number of hydrogen-bond donors (Lipinski definition) is 2. The average Bonchev–Trinajstić information content (AvgIpc) is 2.68. The highest BCUT2D eigenvalue weighted by Crippen LogP contribution is 2.28. The highest BCUT2D eigenvalue weighted by atomic mass is 32.1. The summed E-state index contributed by atoms with van der Waals surface area (Å²) in [6.07, 6.45) is 0.900. The topological polar surface area (TPSA) is 50.9 Å². The number of nitrogens with zero attached hydrogens (tertiary/aromatic N) is 1. The van der Waals surface area contributed by atoms with E-state index in [0.717, 1.165) is 17.1 Å². The molecule has 3 nitrogen and oxygen atoms in total. The number of hydrazine groups is 1. The van der Waals surface area contributed by atoms with Crippen LogP contribution in [0.1, 0.15) is 38.3 Å². The summed E-state index contributed by atoms with van der Waals surface area (Å²) in [5.41, 5.74) is 8.03. The third-order valence-corrected chi connectivity index (χ3v) is 4.70. The van der Waals surface area contributed by atoms with E-state index in [0.29, 0.717) is 0 Å². The fourth-order valence-electron chi connectivity index (χ4n) is 2.47. The first-order valence-electron chi connectivity index (χ1n) is 6.48. The molecule has 1 atom stereocenters. The van der Waals surface area contributed by atoms with Crippen LogP contribution in [-0.4, -0.2) is 4.98 Å². The van der Waals surface area contributed by atoms with E-state index in [1.54, 1.807) is 11.3 Å². The van der Waals surface area contributed by atoms with Gasteiger partial charge in [-0.15, -0.1) is 11.3 Å². The summed E-state index contributed by atoms with van der Waals surface area (Å²) in [7, 11) is 0. The Morgan fingerprint density at radius 3 is 2.32 bits per heavy atom. The number of rotatable bonds is 4. The minimum absolute atomic E-state index is 0.131. The molecule has 19 heavy (non-hydrogen) atoms. The predicted molar refractivity (Wildman–Crippen MR) is 81.3 cm³/mol. The van der Waals surface area contributed by atoms with E-state index in [9.17, 15) is 0 Å². The molecule has 0 saturated carbocycles. The second-order valence-corrected chi connectivity index (χ2v) is 6.21. The van der Waals surface area contributed by atoms with Crippen LogP contribution in [-0.2, 0) is 6.42 Å². The number of thiazole rings is 1. The van der Waals surface area contributed by atoms with Crippen molar-refractivity contribution in [1.82, 2.24) is 10.4 Å². The zero-order valence-corrected chi connectivity index (χ0v) is 12.8. The number of aryl methyl sites for hydroxylation is 4. The normalized spacial score (nSPS) is 12.7. The Labute approximate surface area is 118 Å². The van der Waals surface area contributed by atoms with Crippen molar-refractivity contribution in [1.29, 1.82) is 0 Å². The highest BCUT2D eigenvalue weighted by molar-refractivity contribution is 7.11. The molecule has 0 saturated heterocycles. The van der Waals surface area contributed by atoms with Crippen LogP contribution in [0, 0.1) is 27.7 Å². The first kappa shape index (κ1) is 14.2. The van der Waals surface area contributed by atoms with Crippen molar-refractivity contribution in [3.05, 3.63) is 50.5 Å². The molecule has 1 heterocycles. The molecule has 2 rings (SSSR count). The van der Waals surface area contributed by atoms with Gasteiger partial charge in [0, 0.05) is 4.88 Å². The maximum Gasteiger partial charge on any atom is 0.0900 e. The summed E-state index contributed by atoms with van der Waals surface area (Å²) >= 11 is 1.72. The lowest BCUT2D eigenvalue weighted by Gasteiger charge is -2.18. The zero-order valence-electron chi connectivity index (χ0n) is 11.9. The van der Waals surface area contributed by atoms with Gasteiger partial charge in [-0.3, -0.25) is 11.3 Å². The zero-order chi connectivity index (χ0) is 14.0. The minimum atomic E-state index is 0.131. The van der Waals surface area contributed by atoms with Crippen molar-refractivity contribution in [3.63, 3.8) is 0 Å². The van der Waals surface area contributed by atoms with Gasteiger partial charge in [-0.05, 0) is 50.8 Å². The Morgan fingerprint density at radius 1 is 1.21 bits per heavy atom. The van der Waals surface area contributed by atoms with Gasteiger partial charge in [-0.1, -0.05) is 18.2 Å². The predicted octanol–water partition coefficient (Wildman–Crippen LogP) is 3.12. The van der Waals surface area contributed by atoms with E-state index in [4.69, 9.17) is 5.84 Å². The summed E-state index contributed by atoms with van der Waals surface area (Å²) in [5.74, 6) is 5.76. The minimum Gasteiger partial charge on any atom is -0.271 e. The van der Waals surface area contributed by atoms with Crippen LogP contribution in [0.5, 0.6) is 0 Å². The van der Waals surface area contributed by atoms with E-state index < -0.39 is 0 Å². The summed E-state index contributed by atoms with van der Waals surface area (Å²) in [5, 5.41) is 1.09. The molecule has 3 N–H and O–H groups in total. The lowest BCUT2D eigenvalue weighted by Crippen LogP contribution is -2.29. The van der Waals surface area contributed by atoms with Crippen molar-refractivity contribution < 1.29 is 0 Å². The number of nitrogens with one attached hydrogen (secondary N) is 1. The number of hydrogen-bond acceptors (Lipinski definition) is 4. The first-order valence-corrected chi connectivity index (χ1v) is 7.29. The highest BCUT2D eigenvalue weighted by Gasteiger charge is 2.18. The van der Waals surface area contributed by atoms with E-state index in [2.05, 4.69) is 42.5 Å². The molecule has 0 amide bonds. The van der Waals surface area contributed by atoms with Crippen LogP contribution in [0.15, 0.2) is 18.2 Å². The van der Waals surface area contributed by atoms with Crippen molar-refractivity contribution in [2.45, 2.75) is 40.2 Å². The molecule has 0 bridgehead atoms. The first-order chi connectivity index (χ1) is 9.02. The van der Waals surface area contributed by atoms with Crippen LogP contribution < -0.4 is 11.3 Å². The van der Waals surface area contributed by atoms with Gasteiger partial charge in [-0.2, -0.15) is 0 Å². The lowest BCUT2D eigenvalue weighted by molar-refractivity contribution is 0.555.